The van der Waals surface area contributed by atoms with Crippen LogP contribution in [0.3, 0.4) is 0 Å². The molecule has 0 heterocycles. The summed E-state index contributed by atoms with van der Waals surface area (Å²) in [5, 5.41) is 0.819. The lowest BCUT2D eigenvalue weighted by Crippen LogP contribution is -2.51. The summed E-state index contributed by atoms with van der Waals surface area (Å²) >= 11 is 12.1. The Kier molecular flexibility index (Phi) is 5.31. The molecule has 100 valence electrons. The van der Waals surface area contributed by atoms with Gasteiger partial charge >= 0.3 is 0 Å². The van der Waals surface area contributed by atoms with Crippen LogP contribution in [0.1, 0.15) is 25.3 Å². The molecule has 0 amide bonds. The maximum absolute atomic E-state index is 6.13. The van der Waals surface area contributed by atoms with E-state index in [9.17, 15) is 0 Å². The Morgan fingerprint density at radius 3 is 2.83 bits per heavy atom. The van der Waals surface area contributed by atoms with Crippen LogP contribution in [-0.2, 0) is 16.1 Å². The van der Waals surface area contributed by atoms with E-state index >= 15 is 0 Å². The van der Waals surface area contributed by atoms with Crippen molar-refractivity contribution < 1.29 is 9.47 Å². The summed E-state index contributed by atoms with van der Waals surface area (Å²) in [7, 11) is 0. The lowest BCUT2D eigenvalue weighted by Gasteiger charge is -2.40. The molecule has 1 saturated carbocycles. The van der Waals surface area contributed by atoms with Crippen molar-refractivity contribution in [3.8, 4) is 0 Å². The Morgan fingerprint density at radius 2 is 2.17 bits per heavy atom. The van der Waals surface area contributed by atoms with Gasteiger partial charge in [-0.1, -0.05) is 30.7 Å². The van der Waals surface area contributed by atoms with E-state index in [1.165, 1.54) is 0 Å². The second kappa shape index (κ2) is 6.76. The van der Waals surface area contributed by atoms with Crippen molar-refractivity contribution in [3.05, 3.63) is 34.9 Å². The molecule has 0 aliphatic heterocycles. The van der Waals surface area contributed by atoms with Gasteiger partial charge in [-0.2, -0.15) is 0 Å². The molecule has 0 aromatic heterocycles. The van der Waals surface area contributed by atoms with Crippen molar-refractivity contribution in [2.45, 2.75) is 44.0 Å². The predicted molar refractivity (Wildman–Crippen MR) is 74.3 cm³/mol. The smallest absolute Gasteiger partial charge is 0.100 e. The standard InChI is InChI=1S/C14H18Cl2O2/c1-2-6-17-14-12(16)8-13(14)18-9-10-4-3-5-11(15)7-10/h3-5,7,12-14H,2,6,8-9H2,1H3. The summed E-state index contributed by atoms with van der Waals surface area (Å²) in [5.74, 6) is 0. The zero-order valence-electron chi connectivity index (χ0n) is 10.4. The van der Waals surface area contributed by atoms with Crippen LogP contribution in [0, 0.1) is 0 Å². The van der Waals surface area contributed by atoms with Gasteiger partial charge < -0.3 is 9.47 Å². The highest BCUT2D eigenvalue weighted by molar-refractivity contribution is 6.30. The van der Waals surface area contributed by atoms with Gasteiger partial charge in [0.05, 0.1) is 18.1 Å². The highest BCUT2D eigenvalue weighted by Gasteiger charge is 2.41. The minimum Gasteiger partial charge on any atom is -0.374 e. The van der Waals surface area contributed by atoms with Gasteiger partial charge in [0.1, 0.15) is 6.10 Å². The van der Waals surface area contributed by atoms with Gasteiger partial charge in [-0.3, -0.25) is 0 Å². The van der Waals surface area contributed by atoms with Crippen molar-refractivity contribution in [2.75, 3.05) is 6.61 Å². The van der Waals surface area contributed by atoms with Crippen LogP contribution in [0.4, 0.5) is 0 Å². The molecule has 1 aliphatic carbocycles. The summed E-state index contributed by atoms with van der Waals surface area (Å²) in [6, 6.07) is 7.71. The van der Waals surface area contributed by atoms with Gasteiger partial charge in [0.15, 0.2) is 0 Å². The average Bonchev–Trinajstić information content (AvgIpc) is 2.34. The summed E-state index contributed by atoms with van der Waals surface area (Å²) in [6.45, 7) is 3.38. The number of hydrogen-bond donors (Lipinski definition) is 0. The molecule has 1 aliphatic rings. The Balaban J connectivity index is 1.80. The van der Waals surface area contributed by atoms with Gasteiger partial charge in [0.2, 0.25) is 0 Å². The zero-order chi connectivity index (χ0) is 13.0. The number of rotatable bonds is 6. The highest BCUT2D eigenvalue weighted by atomic mass is 35.5. The minimum absolute atomic E-state index is 0.0331. The predicted octanol–water partition coefficient (Wildman–Crippen LogP) is 4.03. The summed E-state index contributed by atoms with van der Waals surface area (Å²) in [4.78, 5) is 0. The average molecular weight is 289 g/mol. The van der Waals surface area contributed by atoms with Gasteiger partial charge in [-0.25, -0.2) is 0 Å². The Hall–Kier alpha value is -0.280. The fraction of sp³-hybridized carbons (Fsp3) is 0.571. The Labute approximate surface area is 118 Å². The number of hydrogen-bond acceptors (Lipinski definition) is 2. The molecule has 0 bridgehead atoms. The third-order valence-electron chi connectivity index (χ3n) is 3.05. The molecule has 0 N–H and O–H groups in total. The molecule has 3 atom stereocenters. The van der Waals surface area contributed by atoms with Gasteiger partial charge in [0, 0.05) is 11.6 Å². The monoisotopic (exact) mass is 288 g/mol. The van der Waals surface area contributed by atoms with E-state index in [1.54, 1.807) is 0 Å². The lowest BCUT2D eigenvalue weighted by atomic mass is 9.91. The molecule has 4 heteroatoms. The quantitative estimate of drug-likeness (QED) is 0.736. The SMILES string of the molecule is CCCOC1C(Cl)CC1OCc1cccc(Cl)c1. The molecule has 2 rings (SSSR count). The van der Waals surface area contributed by atoms with Crippen LogP contribution in [0.2, 0.25) is 5.02 Å². The maximum atomic E-state index is 6.13. The molecule has 18 heavy (non-hydrogen) atoms. The van der Waals surface area contributed by atoms with Crippen molar-refractivity contribution >= 4 is 23.2 Å². The first-order valence-electron chi connectivity index (χ1n) is 6.32. The summed E-state index contributed by atoms with van der Waals surface area (Å²) < 4.78 is 11.5. The molecular formula is C14H18Cl2O2. The molecule has 3 unspecified atom stereocenters. The fourth-order valence-electron chi connectivity index (χ4n) is 1.99. The zero-order valence-corrected chi connectivity index (χ0v) is 12.0. The topological polar surface area (TPSA) is 18.5 Å². The number of benzene rings is 1. The minimum atomic E-state index is 0.0331. The molecule has 0 radical (unpaired) electrons. The molecule has 0 saturated heterocycles. The van der Waals surface area contributed by atoms with Crippen LogP contribution in [-0.4, -0.2) is 24.2 Å². The van der Waals surface area contributed by atoms with Crippen LogP contribution in [0.5, 0.6) is 0 Å². The molecule has 2 nitrogen and oxygen atoms in total. The van der Waals surface area contributed by atoms with E-state index in [4.69, 9.17) is 32.7 Å². The Morgan fingerprint density at radius 1 is 1.33 bits per heavy atom. The second-order valence-corrected chi connectivity index (χ2v) is 5.56. The molecular weight excluding hydrogens is 271 g/mol. The van der Waals surface area contributed by atoms with E-state index in [0.717, 1.165) is 30.0 Å². The van der Waals surface area contributed by atoms with Gasteiger partial charge in [0.25, 0.3) is 0 Å². The van der Waals surface area contributed by atoms with E-state index in [2.05, 4.69) is 6.92 Å². The number of ether oxygens (including phenoxy) is 2. The second-order valence-electron chi connectivity index (χ2n) is 4.57. The largest absolute Gasteiger partial charge is 0.374 e. The normalized spacial score (nSPS) is 26.9. The third kappa shape index (κ3) is 3.61. The van der Waals surface area contributed by atoms with Gasteiger partial charge in [-0.15, -0.1) is 11.6 Å². The van der Waals surface area contributed by atoms with Crippen LogP contribution < -0.4 is 0 Å². The lowest BCUT2D eigenvalue weighted by molar-refractivity contribution is -0.129. The summed E-state index contributed by atoms with van der Waals surface area (Å²) in [6.07, 6.45) is 2.00. The van der Waals surface area contributed by atoms with E-state index in [0.29, 0.717) is 6.61 Å². The van der Waals surface area contributed by atoms with Crippen molar-refractivity contribution in [2.24, 2.45) is 0 Å². The maximum Gasteiger partial charge on any atom is 0.100 e. The first-order chi connectivity index (χ1) is 8.70. The molecule has 1 aromatic carbocycles. The van der Waals surface area contributed by atoms with Gasteiger partial charge in [-0.05, 0) is 30.5 Å². The highest BCUT2D eigenvalue weighted by Crippen LogP contribution is 2.32. The molecule has 1 fully saturated rings. The third-order valence-corrected chi connectivity index (χ3v) is 3.71. The summed E-state index contributed by atoms with van der Waals surface area (Å²) in [5.41, 5.74) is 1.08. The molecule has 0 spiro atoms. The van der Waals surface area contributed by atoms with Crippen LogP contribution in [0.15, 0.2) is 24.3 Å². The van der Waals surface area contributed by atoms with Crippen molar-refractivity contribution in [3.63, 3.8) is 0 Å². The first kappa shape index (κ1) is 14.1. The number of halogens is 2. The van der Waals surface area contributed by atoms with Crippen LogP contribution in [0.25, 0.3) is 0 Å². The number of alkyl halides is 1. The molecule has 1 aromatic rings. The Bertz CT molecular complexity index is 384. The van der Waals surface area contributed by atoms with Crippen LogP contribution >= 0.6 is 23.2 Å². The van der Waals surface area contributed by atoms with Crippen molar-refractivity contribution in [1.82, 2.24) is 0 Å². The first-order valence-corrected chi connectivity index (χ1v) is 7.14. The van der Waals surface area contributed by atoms with E-state index < -0.39 is 0 Å². The van der Waals surface area contributed by atoms with Crippen molar-refractivity contribution in [1.29, 1.82) is 0 Å². The van der Waals surface area contributed by atoms with E-state index in [1.807, 2.05) is 24.3 Å². The fourth-order valence-corrected chi connectivity index (χ4v) is 2.61. The van der Waals surface area contributed by atoms with E-state index in [-0.39, 0.29) is 17.6 Å².